The van der Waals surface area contributed by atoms with Gasteiger partial charge >= 0.3 is 21.1 Å². The molecule has 0 aliphatic carbocycles. The van der Waals surface area contributed by atoms with Crippen LogP contribution in [0.4, 0.5) is 0 Å². The molecule has 13 rings (SSSR count). The highest BCUT2D eigenvalue weighted by atomic mass is 79.9. The Balaban J connectivity index is 0.000000131. The van der Waals surface area contributed by atoms with Crippen LogP contribution < -0.4 is 5.46 Å². The van der Waals surface area contributed by atoms with Crippen LogP contribution in [0, 0.1) is 0 Å². The van der Waals surface area contributed by atoms with Crippen molar-refractivity contribution in [2.75, 3.05) is 0 Å². The highest BCUT2D eigenvalue weighted by molar-refractivity contribution is 9.10. The van der Waals surface area contributed by atoms with Crippen LogP contribution in [0.1, 0.15) is 83.1 Å². The number of hydrogen-bond acceptors (Lipinski definition) is 6. The zero-order valence-corrected chi connectivity index (χ0v) is 48.5. The highest BCUT2D eigenvalue weighted by Gasteiger charge is 2.63. The minimum Gasteiger partial charge on any atom is -0.405 e. The van der Waals surface area contributed by atoms with E-state index in [2.05, 4.69) is 247 Å². The molecule has 3 aliphatic heterocycles. The summed E-state index contributed by atoms with van der Waals surface area (Å²) < 4.78 is 42.2. The average Bonchev–Trinajstić information content (AvgIpc) is 4.34. The number of nitrogens with zero attached hydrogens (tertiary/aromatic N) is 2. The van der Waals surface area contributed by atoms with Gasteiger partial charge in [0.05, 0.1) is 67.0 Å². The van der Waals surface area contributed by atoms with Gasteiger partial charge in [0.25, 0.3) is 0 Å². The molecule has 5 heterocycles. The summed E-state index contributed by atoms with van der Waals surface area (Å²) >= 11 is 3.54. The van der Waals surface area contributed by atoms with E-state index in [1.54, 1.807) is 0 Å². The van der Waals surface area contributed by atoms with Crippen molar-refractivity contribution in [3.8, 4) is 33.6 Å². The van der Waals surface area contributed by atoms with Gasteiger partial charge in [0, 0.05) is 37.1 Å². The molecule has 0 atom stereocenters. The molecule has 394 valence electrons. The zero-order valence-electron chi connectivity index (χ0n) is 46.9. The van der Waals surface area contributed by atoms with Crippen LogP contribution in [-0.2, 0) is 27.9 Å². The van der Waals surface area contributed by atoms with E-state index in [0.29, 0.717) is 0 Å². The largest absolute Gasteiger partial charge is 0.494 e. The Bertz CT molecular complexity index is 3640. The monoisotopic (exact) mass is 1100 g/mol. The van der Waals surface area contributed by atoms with Gasteiger partial charge in [-0.2, -0.15) is 0 Å². The number of benzene rings is 8. The molecule has 8 nitrogen and oxygen atoms in total. The molecule has 10 aromatic rings. The van der Waals surface area contributed by atoms with Crippen LogP contribution in [-0.4, -0.2) is 63.9 Å². The van der Waals surface area contributed by atoms with E-state index >= 15 is 0 Å². The van der Waals surface area contributed by atoms with Crippen molar-refractivity contribution in [1.29, 1.82) is 0 Å². The molecule has 0 spiro atoms. The fraction of sp³-hybridized carbons (Fsp3) is 0.273. The van der Waals surface area contributed by atoms with Gasteiger partial charge in [-0.15, -0.1) is 0 Å². The van der Waals surface area contributed by atoms with E-state index in [4.69, 9.17) is 27.9 Å². The molecule has 0 saturated carbocycles. The summed E-state index contributed by atoms with van der Waals surface area (Å²) in [6, 6.07) is 68.9. The molecular formula is C66H68B3BrN2O6. The Labute approximate surface area is 469 Å². The van der Waals surface area contributed by atoms with Gasteiger partial charge in [0.2, 0.25) is 0 Å². The number of para-hydroxylation sites is 6. The average molecular weight is 1100 g/mol. The molecule has 78 heavy (non-hydrogen) atoms. The van der Waals surface area contributed by atoms with Crippen LogP contribution in [0.3, 0.4) is 0 Å². The molecule has 0 unspecified atom stereocenters. The predicted octanol–water partition coefficient (Wildman–Crippen LogP) is 16.2. The quantitative estimate of drug-likeness (QED) is 0.155. The van der Waals surface area contributed by atoms with Crippen molar-refractivity contribution in [1.82, 2.24) is 9.13 Å². The van der Waals surface area contributed by atoms with Gasteiger partial charge < -0.3 is 37.1 Å². The second-order valence-electron chi connectivity index (χ2n) is 23.7. The molecule has 8 aromatic carbocycles. The summed E-state index contributed by atoms with van der Waals surface area (Å²) in [5.74, 6) is 0. The topological polar surface area (TPSA) is 65.2 Å². The van der Waals surface area contributed by atoms with Crippen molar-refractivity contribution in [3.05, 3.63) is 199 Å². The molecular weight excluding hydrogens is 1030 g/mol. The number of aromatic nitrogens is 2. The molecule has 0 radical (unpaired) electrons. The third-order valence-corrected chi connectivity index (χ3v) is 17.6. The Kier molecular flexibility index (Phi) is 13.9. The third-order valence-electron chi connectivity index (χ3n) is 17.1. The van der Waals surface area contributed by atoms with Crippen LogP contribution in [0.2, 0.25) is 0 Å². The van der Waals surface area contributed by atoms with Crippen LogP contribution in [0.15, 0.2) is 199 Å². The Morgan fingerprint density at radius 3 is 0.910 bits per heavy atom. The van der Waals surface area contributed by atoms with Gasteiger partial charge in [0.1, 0.15) is 0 Å². The van der Waals surface area contributed by atoms with Crippen molar-refractivity contribution in [3.63, 3.8) is 0 Å². The summed E-state index contributed by atoms with van der Waals surface area (Å²) in [6.45, 7) is 24.6. The molecule has 0 amide bonds. The van der Waals surface area contributed by atoms with Gasteiger partial charge in [-0.3, -0.25) is 0 Å². The number of halogens is 1. The normalized spacial score (nSPS) is 18.6. The lowest BCUT2D eigenvalue weighted by atomic mass is 9.49. The first-order chi connectivity index (χ1) is 37.1. The van der Waals surface area contributed by atoms with E-state index in [0.717, 1.165) is 15.5 Å². The van der Waals surface area contributed by atoms with Crippen molar-refractivity contribution < 1.29 is 27.9 Å². The maximum absolute atomic E-state index is 6.25. The molecule has 3 aliphatic rings. The van der Waals surface area contributed by atoms with E-state index in [-0.39, 0.29) is 40.7 Å². The SMILES string of the molecule is Brc1ccc(-c2ccccc2-n2c3ccccc3c3ccccc32)cc1.CC1(C)OB(B2OC(C)(C)C(C)(C)O2)OC1(C)C.CC1(C)OB(c2ccc(-c3ccccc3-n3c4ccccc4c4ccccc43)cc2)OC1(C)C. The number of hydrogen-bond donors (Lipinski definition) is 0. The standard InChI is InChI=1S/C30H28BNO2.C24H16BrN.C12H24B2O4/c1-29(2)30(3,4)34-31(33-29)22-19-17-21(18-20-22)23-11-5-8-14-26(23)32-27-15-9-6-12-24(27)25-13-7-10-16-28(25)32;25-18-15-13-17(14-16-18)19-7-1-4-10-22(19)26-23-11-5-2-8-20(23)21-9-3-6-12-24(21)26;1-9(2)10(3,4)16-13(15-9)14-17-11(5,6)12(7,8)18-14/h5-20H,1-4H3;1-16H;1-8H3. The molecule has 3 fully saturated rings. The van der Waals surface area contributed by atoms with Gasteiger partial charge in [-0.1, -0.05) is 162 Å². The lowest BCUT2D eigenvalue weighted by Crippen LogP contribution is -2.41. The molecule has 12 heteroatoms. The van der Waals surface area contributed by atoms with E-state index in [1.165, 1.54) is 71.7 Å². The van der Waals surface area contributed by atoms with Crippen molar-refractivity contribution in [2.24, 2.45) is 0 Å². The first-order valence-corrected chi connectivity index (χ1v) is 27.9. The van der Waals surface area contributed by atoms with Crippen LogP contribution in [0.5, 0.6) is 0 Å². The molecule has 0 N–H and O–H groups in total. The highest BCUT2D eigenvalue weighted by Crippen LogP contribution is 2.44. The number of fused-ring (bicyclic) bond motifs is 6. The van der Waals surface area contributed by atoms with Crippen molar-refractivity contribution in [2.45, 2.75) is 117 Å². The fourth-order valence-electron chi connectivity index (χ4n) is 10.6. The maximum atomic E-state index is 6.25. The van der Waals surface area contributed by atoms with Crippen LogP contribution in [0.25, 0.3) is 77.2 Å². The molecule has 2 aromatic heterocycles. The van der Waals surface area contributed by atoms with E-state index in [1.807, 2.05) is 55.4 Å². The summed E-state index contributed by atoms with van der Waals surface area (Å²) in [5.41, 5.74) is 11.0. The molecule has 0 bridgehead atoms. The Hall–Kier alpha value is -6.21. The second-order valence-corrected chi connectivity index (χ2v) is 24.7. The van der Waals surface area contributed by atoms with Gasteiger partial charge in [0.15, 0.2) is 0 Å². The van der Waals surface area contributed by atoms with Crippen molar-refractivity contribution >= 4 is 86.1 Å². The first kappa shape index (κ1) is 53.8. The van der Waals surface area contributed by atoms with E-state index < -0.39 is 14.0 Å². The lowest BCUT2D eigenvalue weighted by molar-refractivity contribution is 0.00578. The first-order valence-electron chi connectivity index (χ1n) is 27.1. The minimum absolute atomic E-state index is 0.348. The van der Waals surface area contributed by atoms with Gasteiger partial charge in [-0.25, -0.2) is 0 Å². The Morgan fingerprint density at radius 2 is 0.577 bits per heavy atom. The summed E-state index contributed by atoms with van der Waals surface area (Å²) in [5, 5.41) is 5.11. The summed E-state index contributed by atoms with van der Waals surface area (Å²) in [6.07, 6.45) is 0. The van der Waals surface area contributed by atoms with E-state index in [9.17, 15) is 0 Å². The fourth-order valence-corrected chi connectivity index (χ4v) is 10.9. The van der Waals surface area contributed by atoms with Crippen LogP contribution >= 0.6 is 15.9 Å². The third kappa shape index (κ3) is 9.67. The lowest BCUT2D eigenvalue weighted by Gasteiger charge is -2.32. The second kappa shape index (κ2) is 20.2. The summed E-state index contributed by atoms with van der Waals surface area (Å²) in [7, 11) is -1.31. The van der Waals surface area contributed by atoms with Gasteiger partial charge in [-0.05, 0) is 148 Å². The molecule has 3 saturated heterocycles. The zero-order chi connectivity index (χ0) is 55.0. The summed E-state index contributed by atoms with van der Waals surface area (Å²) in [4.78, 5) is 0. The smallest absolute Gasteiger partial charge is 0.405 e. The maximum Gasteiger partial charge on any atom is 0.494 e. The minimum atomic E-state index is -0.476. The predicted molar refractivity (Wildman–Crippen MR) is 328 cm³/mol. The Morgan fingerprint density at radius 1 is 0.308 bits per heavy atom. The number of rotatable bonds is 6.